The van der Waals surface area contributed by atoms with Gasteiger partial charge >= 0.3 is 0 Å². The molecule has 5 nitrogen and oxygen atoms in total. The molecule has 3 heterocycles. The van der Waals surface area contributed by atoms with Crippen molar-refractivity contribution in [1.29, 1.82) is 0 Å². The molecule has 0 radical (unpaired) electrons. The molecule has 0 saturated carbocycles. The number of pyridine rings is 1. The standard InChI is InChI=1S/C45H27N3O2S/c49-48(50)41-20-18-33(32-16-15-29-10-4-5-11-30(29)22-32)24-38(41)34-17-19-36-40-26-39-37-14-7-21-46-45(37)47(42(39)27-44(40)51-43(36)25-34)35-13-6-12-31(23-35)28-8-2-1-3-9-28/h1-27H. The zero-order valence-corrected chi connectivity index (χ0v) is 28.0. The largest absolute Gasteiger partial charge is 0.294 e. The molecule has 7 aromatic carbocycles. The van der Waals surface area contributed by atoms with Gasteiger partial charge in [0.05, 0.1) is 16.0 Å². The number of hydrogen-bond donors (Lipinski definition) is 0. The van der Waals surface area contributed by atoms with E-state index in [9.17, 15) is 10.1 Å². The Kier molecular flexibility index (Phi) is 6.59. The van der Waals surface area contributed by atoms with Crippen molar-refractivity contribution >= 4 is 69.9 Å². The Labute approximate surface area is 296 Å². The van der Waals surface area contributed by atoms with Gasteiger partial charge in [-0.3, -0.25) is 14.7 Å². The number of nitro groups is 1. The van der Waals surface area contributed by atoms with Gasteiger partial charge in [0.2, 0.25) is 0 Å². The number of benzene rings is 7. The quantitative estimate of drug-likeness (QED) is 0.135. The van der Waals surface area contributed by atoms with Gasteiger partial charge in [-0.2, -0.15) is 0 Å². The first-order chi connectivity index (χ1) is 25.1. The van der Waals surface area contributed by atoms with Crippen molar-refractivity contribution in [3.05, 3.63) is 174 Å². The highest BCUT2D eigenvalue weighted by Gasteiger charge is 2.20. The average molecular weight is 674 g/mol. The van der Waals surface area contributed by atoms with E-state index in [-0.39, 0.29) is 10.6 Å². The van der Waals surface area contributed by atoms with Crippen LogP contribution in [0.2, 0.25) is 0 Å². The van der Waals surface area contributed by atoms with Crippen molar-refractivity contribution in [1.82, 2.24) is 9.55 Å². The molecule has 0 aliphatic heterocycles. The normalized spacial score (nSPS) is 11.7. The van der Waals surface area contributed by atoms with E-state index in [1.807, 2.05) is 48.7 Å². The van der Waals surface area contributed by atoms with Crippen molar-refractivity contribution in [2.24, 2.45) is 0 Å². The SMILES string of the molecule is O=[N+]([O-])c1ccc(-c2ccc3ccccc3c2)cc1-c1ccc2c(c1)sc1cc3c(cc12)c1cccnc1n3-c1cccc(-c2ccccc2)c1. The van der Waals surface area contributed by atoms with Gasteiger partial charge < -0.3 is 0 Å². The van der Waals surface area contributed by atoms with Gasteiger partial charge in [0.25, 0.3) is 5.69 Å². The molecule has 0 spiro atoms. The second-order valence-electron chi connectivity index (χ2n) is 12.9. The number of fused-ring (bicyclic) bond motifs is 7. The molecule has 0 N–H and O–H groups in total. The van der Waals surface area contributed by atoms with E-state index >= 15 is 0 Å². The fraction of sp³-hybridized carbons (Fsp3) is 0. The molecule has 0 fully saturated rings. The predicted octanol–water partition coefficient (Wildman–Crippen LogP) is 12.6. The zero-order chi connectivity index (χ0) is 34.1. The van der Waals surface area contributed by atoms with E-state index in [1.54, 1.807) is 17.4 Å². The lowest BCUT2D eigenvalue weighted by Gasteiger charge is -2.10. The maximum absolute atomic E-state index is 12.3. The monoisotopic (exact) mass is 673 g/mol. The highest BCUT2D eigenvalue weighted by atomic mass is 32.1. The number of nitro benzene ring substituents is 1. The summed E-state index contributed by atoms with van der Waals surface area (Å²) in [5, 5.41) is 19.1. The summed E-state index contributed by atoms with van der Waals surface area (Å²) >= 11 is 1.71. The lowest BCUT2D eigenvalue weighted by molar-refractivity contribution is -0.384. The molecule has 10 rings (SSSR count). The summed E-state index contributed by atoms with van der Waals surface area (Å²) in [4.78, 5) is 16.9. The predicted molar refractivity (Wildman–Crippen MR) is 212 cm³/mol. The molecule has 0 amide bonds. The Hall–Kier alpha value is -6.63. The van der Waals surface area contributed by atoms with Crippen LogP contribution in [0.15, 0.2) is 164 Å². The van der Waals surface area contributed by atoms with Gasteiger partial charge in [-0.25, -0.2) is 4.98 Å². The second-order valence-corrected chi connectivity index (χ2v) is 13.9. The van der Waals surface area contributed by atoms with Crippen molar-refractivity contribution < 1.29 is 4.92 Å². The molecule has 0 atom stereocenters. The van der Waals surface area contributed by atoms with Gasteiger partial charge in [-0.1, -0.05) is 91.0 Å². The lowest BCUT2D eigenvalue weighted by atomic mass is 9.95. The second kappa shape index (κ2) is 11.5. The van der Waals surface area contributed by atoms with Gasteiger partial charge in [0.1, 0.15) is 5.65 Å². The topological polar surface area (TPSA) is 61.0 Å². The highest BCUT2D eigenvalue weighted by molar-refractivity contribution is 7.25. The molecule has 0 unspecified atom stereocenters. The summed E-state index contributed by atoms with van der Waals surface area (Å²) in [5.74, 6) is 0. The highest BCUT2D eigenvalue weighted by Crippen LogP contribution is 2.43. The summed E-state index contributed by atoms with van der Waals surface area (Å²) in [6, 6.07) is 54.0. The smallest absolute Gasteiger partial charge is 0.277 e. The Morgan fingerprint density at radius 1 is 0.529 bits per heavy atom. The molecule has 0 bridgehead atoms. The Morgan fingerprint density at radius 2 is 1.27 bits per heavy atom. The van der Waals surface area contributed by atoms with E-state index in [1.165, 1.54) is 5.56 Å². The Morgan fingerprint density at radius 3 is 2.16 bits per heavy atom. The van der Waals surface area contributed by atoms with Crippen LogP contribution in [-0.2, 0) is 0 Å². The van der Waals surface area contributed by atoms with E-state index in [0.717, 1.165) is 80.8 Å². The van der Waals surface area contributed by atoms with Gasteiger partial charge in [-0.15, -0.1) is 11.3 Å². The van der Waals surface area contributed by atoms with Crippen molar-refractivity contribution in [3.8, 4) is 39.1 Å². The summed E-state index contributed by atoms with van der Waals surface area (Å²) in [7, 11) is 0. The summed E-state index contributed by atoms with van der Waals surface area (Å²) in [5.41, 5.74) is 8.86. The van der Waals surface area contributed by atoms with Crippen LogP contribution in [0.1, 0.15) is 0 Å². The molecule has 0 saturated heterocycles. The van der Waals surface area contributed by atoms with E-state index < -0.39 is 0 Å². The third kappa shape index (κ3) is 4.80. The van der Waals surface area contributed by atoms with Crippen LogP contribution in [-0.4, -0.2) is 14.5 Å². The molecule has 6 heteroatoms. The van der Waals surface area contributed by atoms with Crippen LogP contribution in [0.3, 0.4) is 0 Å². The minimum atomic E-state index is -0.286. The third-order valence-electron chi connectivity index (χ3n) is 9.92. The molecule has 0 aliphatic carbocycles. The average Bonchev–Trinajstić information content (AvgIpc) is 3.71. The summed E-state index contributed by atoms with van der Waals surface area (Å²) in [6.07, 6.45) is 1.85. The van der Waals surface area contributed by atoms with Crippen LogP contribution in [0.5, 0.6) is 0 Å². The lowest BCUT2D eigenvalue weighted by Crippen LogP contribution is -1.95. The maximum Gasteiger partial charge on any atom is 0.277 e. The first-order valence-electron chi connectivity index (χ1n) is 16.8. The Bertz CT molecular complexity index is 3020. The first-order valence-corrected chi connectivity index (χ1v) is 17.6. The van der Waals surface area contributed by atoms with E-state index in [4.69, 9.17) is 4.98 Å². The van der Waals surface area contributed by atoms with Crippen LogP contribution in [0.4, 0.5) is 5.69 Å². The zero-order valence-electron chi connectivity index (χ0n) is 27.2. The number of nitrogens with zero attached hydrogens (tertiary/aromatic N) is 3. The minimum absolute atomic E-state index is 0.0939. The molecule has 0 aliphatic rings. The molecule has 10 aromatic rings. The van der Waals surface area contributed by atoms with Gasteiger partial charge in [0, 0.05) is 48.9 Å². The number of rotatable bonds is 5. The molecular formula is C45H27N3O2S. The molecule has 3 aromatic heterocycles. The third-order valence-corrected chi connectivity index (χ3v) is 11.0. The fourth-order valence-corrected chi connectivity index (χ4v) is 8.63. The fourth-order valence-electron chi connectivity index (χ4n) is 7.47. The number of aromatic nitrogens is 2. The van der Waals surface area contributed by atoms with Crippen LogP contribution in [0, 0.1) is 10.1 Å². The maximum atomic E-state index is 12.3. The van der Waals surface area contributed by atoms with Crippen LogP contribution in [0.25, 0.3) is 91.9 Å². The van der Waals surface area contributed by atoms with Gasteiger partial charge in [-0.05, 0) is 99.3 Å². The Balaban J connectivity index is 1.13. The minimum Gasteiger partial charge on any atom is -0.294 e. The van der Waals surface area contributed by atoms with Crippen molar-refractivity contribution in [2.45, 2.75) is 0 Å². The van der Waals surface area contributed by atoms with Crippen LogP contribution < -0.4 is 0 Å². The number of thiophene rings is 1. The summed E-state index contributed by atoms with van der Waals surface area (Å²) in [6.45, 7) is 0. The summed E-state index contributed by atoms with van der Waals surface area (Å²) < 4.78 is 4.49. The number of hydrogen-bond acceptors (Lipinski definition) is 4. The van der Waals surface area contributed by atoms with Gasteiger partial charge in [0.15, 0.2) is 0 Å². The van der Waals surface area contributed by atoms with E-state index in [0.29, 0.717) is 5.56 Å². The molecular weight excluding hydrogens is 647 g/mol. The van der Waals surface area contributed by atoms with E-state index in [2.05, 4.69) is 114 Å². The van der Waals surface area contributed by atoms with Crippen LogP contribution >= 0.6 is 11.3 Å². The molecule has 240 valence electrons. The first kappa shape index (κ1) is 29.3. The molecule has 51 heavy (non-hydrogen) atoms. The van der Waals surface area contributed by atoms with Crippen molar-refractivity contribution in [3.63, 3.8) is 0 Å². The van der Waals surface area contributed by atoms with Crippen molar-refractivity contribution in [2.75, 3.05) is 0 Å².